The smallest absolute Gasteiger partial charge is 0.0474 e. The first kappa shape index (κ1) is 36.5. The van der Waals surface area contributed by atoms with Crippen LogP contribution in [0.15, 0.2) is 254 Å². The van der Waals surface area contributed by atoms with Crippen molar-refractivity contribution in [3.05, 3.63) is 270 Å². The molecule has 67 heavy (non-hydrogen) atoms. The van der Waals surface area contributed by atoms with E-state index >= 15 is 0 Å². The summed E-state index contributed by atoms with van der Waals surface area (Å²) < 4.78 is 0. The topological polar surface area (TPSA) is 3.24 Å². The molecule has 3 aliphatic rings. The number of benzene rings is 12. The van der Waals surface area contributed by atoms with E-state index in [4.69, 9.17) is 0 Å². The molecule has 1 nitrogen and oxygen atoms in total. The van der Waals surface area contributed by atoms with Crippen molar-refractivity contribution in [3.63, 3.8) is 0 Å². The van der Waals surface area contributed by atoms with Crippen molar-refractivity contribution in [2.75, 3.05) is 0 Å². The van der Waals surface area contributed by atoms with Crippen LogP contribution in [0, 0.1) is 0 Å². The third-order valence-corrected chi connectivity index (χ3v) is 14.8. The number of hydrogen-bond acceptors (Lipinski definition) is 1. The van der Waals surface area contributed by atoms with Crippen molar-refractivity contribution in [2.24, 2.45) is 0 Å². The van der Waals surface area contributed by atoms with Gasteiger partial charge in [0.1, 0.15) is 0 Å². The van der Waals surface area contributed by atoms with Gasteiger partial charge in [-0.3, -0.25) is 0 Å². The standard InChI is InChI=1S/C66H39N/c1-7-19-52-40(13-1)25-28-58-61(52)37-43-16-4-10-22-55(43)64(58)46-31-49-33-47(65-56-23-11-5-17-44(56)38-62-53-20-8-2-14-41(53)26-29-59(62)65)35-51-36-48(34-50(32-46)67(49)51)66-57-24-12-6-18-45(57)39-63-54-21-9-3-15-42(54)27-30-60(63)66/h1-39H. The van der Waals surface area contributed by atoms with Crippen LogP contribution >= 0.6 is 0 Å². The van der Waals surface area contributed by atoms with Gasteiger partial charge in [-0.1, -0.05) is 182 Å². The van der Waals surface area contributed by atoms with Crippen LogP contribution < -0.4 is 0 Å². The zero-order chi connectivity index (χ0) is 43.7. The summed E-state index contributed by atoms with van der Waals surface area (Å²) in [5, 5.41) is 22.7. The summed E-state index contributed by atoms with van der Waals surface area (Å²) in [4.78, 5) is 2.48. The molecule has 0 spiro atoms. The van der Waals surface area contributed by atoms with Crippen LogP contribution in [0.4, 0.5) is 0 Å². The van der Waals surface area contributed by atoms with Crippen molar-refractivity contribution >= 4 is 114 Å². The van der Waals surface area contributed by atoms with Crippen LogP contribution in [0.2, 0.25) is 0 Å². The quantitative estimate of drug-likeness (QED) is 0.126. The summed E-state index contributed by atoms with van der Waals surface area (Å²) in [6.07, 6.45) is 14.7. The van der Waals surface area contributed by atoms with E-state index in [1.54, 1.807) is 0 Å². The van der Waals surface area contributed by atoms with Crippen LogP contribution in [-0.4, -0.2) is 4.90 Å². The Hall–Kier alpha value is -8.78. The molecule has 12 aromatic carbocycles. The normalized spacial score (nSPS) is 14.8. The van der Waals surface area contributed by atoms with Gasteiger partial charge in [-0.25, -0.2) is 0 Å². The lowest BCUT2D eigenvalue weighted by molar-refractivity contribution is 0.567. The number of nitrogens with zero attached hydrogens (tertiary/aromatic N) is 1. The second kappa shape index (κ2) is 13.9. The Balaban J connectivity index is 1.06. The summed E-state index contributed by atoms with van der Waals surface area (Å²) in [5.41, 5.74) is 10.9. The third-order valence-electron chi connectivity index (χ3n) is 14.8. The molecule has 0 atom stereocenters. The van der Waals surface area contributed by atoms with Crippen LogP contribution in [0.1, 0.15) is 16.7 Å². The van der Waals surface area contributed by atoms with Gasteiger partial charge in [0.2, 0.25) is 0 Å². The lowest BCUT2D eigenvalue weighted by Crippen LogP contribution is -2.26. The molecule has 0 fully saturated rings. The summed E-state index contributed by atoms with van der Waals surface area (Å²) >= 11 is 0. The Kier molecular flexibility index (Phi) is 7.56. The van der Waals surface area contributed by atoms with Crippen molar-refractivity contribution < 1.29 is 0 Å². The van der Waals surface area contributed by atoms with E-state index in [1.165, 1.54) is 130 Å². The molecule has 3 aliphatic heterocycles. The fraction of sp³-hybridized carbons (Fsp3) is 0. The Morgan fingerprint density at radius 1 is 0.194 bits per heavy atom. The fourth-order valence-electron chi connectivity index (χ4n) is 11.9. The number of hydrogen-bond donors (Lipinski definition) is 0. The van der Waals surface area contributed by atoms with Crippen molar-refractivity contribution in [2.45, 2.75) is 0 Å². The van der Waals surface area contributed by atoms with Crippen LogP contribution in [0.25, 0.3) is 114 Å². The minimum absolute atomic E-state index is 1.16. The molecule has 0 saturated heterocycles. The highest BCUT2D eigenvalue weighted by Crippen LogP contribution is 2.49. The molecule has 0 saturated carbocycles. The third kappa shape index (κ3) is 5.37. The first-order valence-electron chi connectivity index (χ1n) is 23.3. The summed E-state index contributed by atoms with van der Waals surface area (Å²) in [5.74, 6) is 0. The Morgan fingerprint density at radius 3 is 0.776 bits per heavy atom. The molecule has 0 aliphatic carbocycles. The van der Waals surface area contributed by atoms with Gasteiger partial charge in [0.15, 0.2) is 0 Å². The zero-order valence-electron chi connectivity index (χ0n) is 36.5. The van der Waals surface area contributed by atoms with Gasteiger partial charge < -0.3 is 4.90 Å². The van der Waals surface area contributed by atoms with Crippen LogP contribution in [0.5, 0.6) is 0 Å². The SMILES string of the molecule is C1=C(c2c3ccccc3cc3c2ccc2ccccc23)C=C2C=C(c3c4ccccc4cc4c3ccc3ccccc34)C=C3C=C(c4c5ccccc5cc5c4ccc4ccccc45)C=C1N23. The molecule has 0 bridgehead atoms. The van der Waals surface area contributed by atoms with Crippen LogP contribution in [-0.2, 0) is 0 Å². The monoisotopic (exact) mass is 845 g/mol. The molecular weight excluding hydrogens is 807 g/mol. The highest BCUT2D eigenvalue weighted by atomic mass is 15.2. The molecule has 15 rings (SSSR count). The molecule has 0 radical (unpaired) electrons. The average Bonchev–Trinajstić information content (AvgIpc) is 3.38. The number of rotatable bonds is 3. The van der Waals surface area contributed by atoms with Crippen molar-refractivity contribution in [3.8, 4) is 0 Å². The largest absolute Gasteiger partial charge is 0.310 e. The Bertz CT molecular complexity index is 3980. The van der Waals surface area contributed by atoms with E-state index in [2.05, 4.69) is 242 Å². The van der Waals surface area contributed by atoms with Crippen LogP contribution in [0.3, 0.4) is 0 Å². The van der Waals surface area contributed by atoms with Gasteiger partial charge in [0.05, 0.1) is 0 Å². The predicted octanol–water partition coefficient (Wildman–Crippen LogP) is 17.6. The first-order chi connectivity index (χ1) is 33.2. The Labute approximate surface area is 387 Å². The maximum atomic E-state index is 2.48. The number of allylic oxidation sites excluding steroid dienone is 9. The minimum Gasteiger partial charge on any atom is -0.310 e. The average molecular weight is 846 g/mol. The van der Waals surface area contributed by atoms with E-state index in [1.807, 2.05) is 0 Å². The molecule has 0 aromatic heterocycles. The number of fused-ring (bicyclic) bond motifs is 12. The van der Waals surface area contributed by atoms with E-state index in [9.17, 15) is 0 Å². The van der Waals surface area contributed by atoms with Gasteiger partial charge in [0.25, 0.3) is 0 Å². The lowest BCUT2D eigenvalue weighted by Gasteiger charge is -2.38. The van der Waals surface area contributed by atoms with E-state index in [0.29, 0.717) is 0 Å². The molecule has 0 N–H and O–H groups in total. The maximum Gasteiger partial charge on any atom is 0.0474 e. The van der Waals surface area contributed by atoms with Crippen molar-refractivity contribution in [1.29, 1.82) is 0 Å². The first-order valence-corrected chi connectivity index (χ1v) is 23.3. The van der Waals surface area contributed by atoms with E-state index in [0.717, 1.165) is 17.1 Å². The van der Waals surface area contributed by atoms with E-state index in [-0.39, 0.29) is 0 Å². The maximum absolute atomic E-state index is 2.48. The Morgan fingerprint density at radius 2 is 0.463 bits per heavy atom. The van der Waals surface area contributed by atoms with Gasteiger partial charge in [0, 0.05) is 17.1 Å². The summed E-state index contributed by atoms with van der Waals surface area (Å²) in [6, 6.07) is 74.3. The van der Waals surface area contributed by atoms with Crippen molar-refractivity contribution in [1.82, 2.24) is 4.90 Å². The molecular formula is C66H39N. The highest BCUT2D eigenvalue weighted by molar-refractivity contribution is 6.22. The minimum atomic E-state index is 1.16. The van der Waals surface area contributed by atoms with Gasteiger partial charge in [-0.15, -0.1) is 0 Å². The molecule has 1 heteroatoms. The predicted molar refractivity (Wildman–Crippen MR) is 287 cm³/mol. The molecule has 3 heterocycles. The van der Waals surface area contributed by atoms with Gasteiger partial charge in [-0.05, 0) is 185 Å². The zero-order valence-corrected chi connectivity index (χ0v) is 36.5. The molecule has 308 valence electrons. The fourth-order valence-corrected chi connectivity index (χ4v) is 11.9. The molecule has 0 unspecified atom stereocenters. The highest BCUT2D eigenvalue weighted by Gasteiger charge is 2.31. The second-order valence-corrected chi connectivity index (χ2v) is 18.4. The summed E-state index contributed by atoms with van der Waals surface area (Å²) in [6.45, 7) is 0. The summed E-state index contributed by atoms with van der Waals surface area (Å²) in [7, 11) is 0. The van der Waals surface area contributed by atoms with Gasteiger partial charge in [-0.2, -0.15) is 0 Å². The molecule has 12 aromatic rings. The van der Waals surface area contributed by atoms with E-state index < -0.39 is 0 Å². The second-order valence-electron chi connectivity index (χ2n) is 18.4. The molecule has 0 amide bonds. The lowest BCUT2D eigenvalue weighted by atomic mass is 9.83. The van der Waals surface area contributed by atoms with Gasteiger partial charge >= 0.3 is 0 Å².